The predicted octanol–water partition coefficient (Wildman–Crippen LogP) is 2.33. The maximum absolute atomic E-state index is 3.74. The second kappa shape index (κ2) is 5.04. The molecule has 48 valence electrons. The highest BCUT2D eigenvalue weighted by Crippen LogP contribution is 1.98. The standard InChI is InChI=1S/C8H11N/c1-4-5-8(2)6-7-9-3/h4,6-7H,1-3,5H2/b7-6-. The van der Waals surface area contributed by atoms with Crippen LogP contribution in [0.3, 0.4) is 0 Å². The van der Waals surface area contributed by atoms with E-state index in [1.54, 1.807) is 12.3 Å². The van der Waals surface area contributed by atoms with Gasteiger partial charge in [-0.05, 0) is 24.8 Å². The predicted molar refractivity (Wildman–Crippen MR) is 42.6 cm³/mol. The molecule has 0 aromatic rings. The molecule has 0 bridgehead atoms. The van der Waals surface area contributed by atoms with E-state index in [4.69, 9.17) is 0 Å². The lowest BCUT2D eigenvalue weighted by molar-refractivity contribution is 1.30. The van der Waals surface area contributed by atoms with Gasteiger partial charge in [-0.1, -0.05) is 12.7 Å². The van der Waals surface area contributed by atoms with Crippen molar-refractivity contribution in [3.05, 3.63) is 37.1 Å². The lowest BCUT2D eigenvalue weighted by Gasteiger charge is -1.88. The Morgan fingerprint density at radius 2 is 2.22 bits per heavy atom. The molecule has 0 heterocycles. The van der Waals surface area contributed by atoms with Crippen molar-refractivity contribution in [3.63, 3.8) is 0 Å². The van der Waals surface area contributed by atoms with Gasteiger partial charge >= 0.3 is 0 Å². The number of aliphatic imine (C=N–C) groups is 1. The zero-order valence-electron chi connectivity index (χ0n) is 5.51. The molecular weight excluding hydrogens is 110 g/mol. The second-order valence-electron chi connectivity index (χ2n) is 1.65. The van der Waals surface area contributed by atoms with Crippen LogP contribution in [-0.4, -0.2) is 6.72 Å². The van der Waals surface area contributed by atoms with Gasteiger partial charge in [0, 0.05) is 6.20 Å². The molecule has 0 amide bonds. The monoisotopic (exact) mass is 121 g/mol. The molecule has 1 heteroatoms. The van der Waals surface area contributed by atoms with E-state index in [1.807, 2.05) is 6.08 Å². The van der Waals surface area contributed by atoms with E-state index < -0.39 is 0 Å². The van der Waals surface area contributed by atoms with E-state index >= 15 is 0 Å². The van der Waals surface area contributed by atoms with Crippen LogP contribution in [-0.2, 0) is 0 Å². The highest BCUT2D eigenvalue weighted by atomic mass is 14.6. The summed E-state index contributed by atoms with van der Waals surface area (Å²) < 4.78 is 0. The first-order valence-corrected chi connectivity index (χ1v) is 2.72. The third kappa shape index (κ3) is 4.75. The smallest absolute Gasteiger partial charge is 0.0263 e. The molecule has 0 radical (unpaired) electrons. The highest BCUT2D eigenvalue weighted by molar-refractivity contribution is 5.27. The zero-order valence-corrected chi connectivity index (χ0v) is 5.51. The highest BCUT2D eigenvalue weighted by Gasteiger charge is 1.79. The minimum absolute atomic E-state index is 0.812. The molecule has 0 atom stereocenters. The lowest BCUT2D eigenvalue weighted by Crippen LogP contribution is -1.68. The molecule has 0 aromatic carbocycles. The van der Waals surface area contributed by atoms with Crippen molar-refractivity contribution in [2.24, 2.45) is 4.99 Å². The van der Waals surface area contributed by atoms with Crippen LogP contribution in [0.2, 0.25) is 0 Å². The van der Waals surface area contributed by atoms with E-state index in [-0.39, 0.29) is 0 Å². The average molecular weight is 121 g/mol. The summed E-state index contributed by atoms with van der Waals surface area (Å²) in [6, 6.07) is 0. The van der Waals surface area contributed by atoms with Crippen molar-refractivity contribution in [2.75, 3.05) is 0 Å². The minimum atomic E-state index is 0.812. The van der Waals surface area contributed by atoms with Crippen molar-refractivity contribution >= 4 is 6.72 Å². The van der Waals surface area contributed by atoms with Crippen LogP contribution in [0.4, 0.5) is 0 Å². The number of nitrogens with zero attached hydrogens (tertiary/aromatic N) is 1. The Morgan fingerprint density at radius 1 is 1.56 bits per heavy atom. The van der Waals surface area contributed by atoms with Crippen LogP contribution in [0.1, 0.15) is 6.42 Å². The summed E-state index contributed by atoms with van der Waals surface area (Å²) in [5, 5.41) is 0. The van der Waals surface area contributed by atoms with Gasteiger partial charge in [0.1, 0.15) is 0 Å². The Labute approximate surface area is 56.1 Å². The Bertz CT molecular complexity index is 143. The van der Waals surface area contributed by atoms with E-state index in [0.29, 0.717) is 0 Å². The first-order valence-electron chi connectivity index (χ1n) is 2.72. The summed E-state index contributed by atoms with van der Waals surface area (Å²) in [6.07, 6.45) is 6.04. The van der Waals surface area contributed by atoms with Crippen LogP contribution in [0.5, 0.6) is 0 Å². The normalized spacial score (nSPS) is 9.33. The SMILES string of the molecule is C=CCC(=C)/C=C\N=C. The molecule has 0 saturated heterocycles. The van der Waals surface area contributed by atoms with Crippen LogP contribution in [0.15, 0.2) is 42.1 Å². The van der Waals surface area contributed by atoms with Crippen molar-refractivity contribution in [2.45, 2.75) is 6.42 Å². The van der Waals surface area contributed by atoms with E-state index in [1.165, 1.54) is 0 Å². The second-order valence-corrected chi connectivity index (χ2v) is 1.65. The lowest BCUT2D eigenvalue weighted by atomic mass is 10.2. The molecule has 0 aliphatic rings. The van der Waals surface area contributed by atoms with E-state index in [0.717, 1.165) is 12.0 Å². The summed E-state index contributed by atoms with van der Waals surface area (Å²) in [4.78, 5) is 3.53. The van der Waals surface area contributed by atoms with Gasteiger partial charge in [-0.15, -0.1) is 6.58 Å². The Balaban J connectivity index is 3.61. The van der Waals surface area contributed by atoms with Gasteiger partial charge in [0.05, 0.1) is 0 Å². The van der Waals surface area contributed by atoms with Gasteiger partial charge in [-0.3, -0.25) is 4.99 Å². The van der Waals surface area contributed by atoms with Crippen LogP contribution >= 0.6 is 0 Å². The quantitative estimate of drug-likeness (QED) is 0.307. The van der Waals surface area contributed by atoms with Crippen molar-refractivity contribution in [1.82, 2.24) is 0 Å². The summed E-state index contributed by atoms with van der Waals surface area (Å²) in [7, 11) is 0. The largest absolute Gasteiger partial charge is 0.273 e. The Kier molecular flexibility index (Phi) is 4.41. The van der Waals surface area contributed by atoms with Crippen LogP contribution in [0.25, 0.3) is 0 Å². The number of allylic oxidation sites excluding steroid dienone is 3. The topological polar surface area (TPSA) is 12.4 Å². The molecule has 1 nitrogen and oxygen atoms in total. The molecule has 0 aromatic heterocycles. The number of hydrogen-bond acceptors (Lipinski definition) is 1. The number of hydrogen-bond donors (Lipinski definition) is 0. The molecule has 0 rings (SSSR count). The molecule has 0 spiro atoms. The summed E-state index contributed by atoms with van der Waals surface area (Å²) in [5.74, 6) is 0. The first-order chi connectivity index (χ1) is 4.31. The van der Waals surface area contributed by atoms with Crippen molar-refractivity contribution in [3.8, 4) is 0 Å². The minimum Gasteiger partial charge on any atom is -0.273 e. The molecule has 0 saturated carbocycles. The van der Waals surface area contributed by atoms with Gasteiger partial charge in [-0.2, -0.15) is 0 Å². The molecular formula is C8H11N. The van der Waals surface area contributed by atoms with Crippen molar-refractivity contribution < 1.29 is 0 Å². The molecule has 0 N–H and O–H groups in total. The fraction of sp³-hybridized carbons (Fsp3) is 0.125. The third-order valence-corrected chi connectivity index (χ3v) is 0.822. The summed E-state index contributed by atoms with van der Waals surface area (Å²) in [6.45, 7) is 10.6. The Hall–Kier alpha value is -1.11. The van der Waals surface area contributed by atoms with Gasteiger partial charge in [-0.25, -0.2) is 0 Å². The molecule has 0 aliphatic heterocycles. The zero-order chi connectivity index (χ0) is 7.11. The van der Waals surface area contributed by atoms with Crippen LogP contribution in [0, 0.1) is 0 Å². The van der Waals surface area contributed by atoms with E-state index in [2.05, 4.69) is 24.9 Å². The van der Waals surface area contributed by atoms with Gasteiger partial charge < -0.3 is 0 Å². The number of rotatable bonds is 4. The maximum atomic E-state index is 3.74. The fourth-order valence-electron chi connectivity index (χ4n) is 0.412. The van der Waals surface area contributed by atoms with Gasteiger partial charge in [0.2, 0.25) is 0 Å². The average Bonchev–Trinajstić information content (AvgIpc) is 1.85. The van der Waals surface area contributed by atoms with E-state index in [9.17, 15) is 0 Å². The van der Waals surface area contributed by atoms with Crippen molar-refractivity contribution in [1.29, 1.82) is 0 Å². The van der Waals surface area contributed by atoms with Gasteiger partial charge in [0.15, 0.2) is 0 Å². The summed E-state index contributed by atoms with van der Waals surface area (Å²) >= 11 is 0. The molecule has 0 unspecified atom stereocenters. The van der Waals surface area contributed by atoms with Gasteiger partial charge in [0.25, 0.3) is 0 Å². The molecule has 9 heavy (non-hydrogen) atoms. The fourth-order valence-corrected chi connectivity index (χ4v) is 0.412. The Morgan fingerprint density at radius 3 is 2.67 bits per heavy atom. The maximum Gasteiger partial charge on any atom is 0.0263 e. The first kappa shape index (κ1) is 7.89. The molecule has 0 fully saturated rings. The van der Waals surface area contributed by atoms with Crippen LogP contribution < -0.4 is 0 Å². The third-order valence-electron chi connectivity index (χ3n) is 0.822. The molecule has 0 aliphatic carbocycles. The summed E-state index contributed by atoms with van der Waals surface area (Å²) in [5.41, 5.74) is 0.998.